The number of benzene rings is 3. The van der Waals surface area contributed by atoms with Gasteiger partial charge in [-0.15, -0.1) is 11.8 Å². The maximum atomic E-state index is 13.1. The zero-order chi connectivity index (χ0) is 21.3. The van der Waals surface area contributed by atoms with Crippen LogP contribution in [0.15, 0.2) is 60.7 Å². The van der Waals surface area contributed by atoms with Crippen molar-refractivity contribution in [2.24, 2.45) is 0 Å². The van der Waals surface area contributed by atoms with Gasteiger partial charge < -0.3 is 4.74 Å². The van der Waals surface area contributed by atoms with Crippen LogP contribution < -0.4 is 9.64 Å². The molecule has 1 saturated heterocycles. The Kier molecular flexibility index (Phi) is 6.44. The van der Waals surface area contributed by atoms with Crippen LogP contribution in [0, 0.1) is 5.82 Å². The van der Waals surface area contributed by atoms with E-state index in [0.717, 1.165) is 16.8 Å². The van der Waals surface area contributed by atoms with E-state index in [4.69, 9.17) is 39.5 Å². The Bertz CT molecular complexity index is 1050. The lowest BCUT2D eigenvalue weighted by Gasteiger charge is -2.25. The minimum absolute atomic E-state index is 0.00352. The second-order valence-electron chi connectivity index (χ2n) is 6.63. The van der Waals surface area contributed by atoms with Crippen molar-refractivity contribution < 1.29 is 13.9 Å². The third-order valence-electron chi connectivity index (χ3n) is 4.57. The van der Waals surface area contributed by atoms with Crippen molar-refractivity contribution in [3.8, 4) is 5.75 Å². The van der Waals surface area contributed by atoms with Gasteiger partial charge in [0.15, 0.2) is 5.75 Å². The van der Waals surface area contributed by atoms with Crippen LogP contribution in [0.2, 0.25) is 15.1 Å². The molecule has 3 aromatic carbocycles. The molecule has 0 unspecified atom stereocenters. The van der Waals surface area contributed by atoms with E-state index in [9.17, 15) is 9.18 Å². The van der Waals surface area contributed by atoms with Crippen LogP contribution in [0.5, 0.6) is 5.75 Å². The molecule has 154 valence electrons. The highest BCUT2D eigenvalue weighted by Gasteiger charge is 2.34. The summed E-state index contributed by atoms with van der Waals surface area (Å²) in [6.07, 6.45) is 0. The first-order valence-electron chi connectivity index (χ1n) is 8.98. The first kappa shape index (κ1) is 21.3. The maximum Gasteiger partial charge on any atom is 0.238 e. The standard InChI is InChI=1S/C22H15Cl3FNO2S/c23-15-3-7-17(8-4-15)27-20(28)12-30-22(27)14-9-18(24)21(19(25)10-14)29-11-13-1-5-16(26)6-2-13/h1-10,22H,11-12H2/t22-/m0/s1. The van der Waals surface area contributed by atoms with Crippen molar-refractivity contribution >= 4 is 58.2 Å². The van der Waals surface area contributed by atoms with Crippen LogP contribution in [0.25, 0.3) is 0 Å². The van der Waals surface area contributed by atoms with Crippen LogP contribution >= 0.6 is 46.6 Å². The highest BCUT2D eigenvalue weighted by atomic mass is 35.5. The van der Waals surface area contributed by atoms with Gasteiger partial charge in [0.2, 0.25) is 5.91 Å². The molecule has 0 aliphatic carbocycles. The van der Waals surface area contributed by atoms with E-state index in [-0.39, 0.29) is 23.7 Å². The number of anilines is 1. The van der Waals surface area contributed by atoms with Gasteiger partial charge in [-0.3, -0.25) is 9.69 Å². The number of thioether (sulfide) groups is 1. The Morgan fingerprint density at radius 1 is 1.00 bits per heavy atom. The Balaban J connectivity index is 1.58. The Morgan fingerprint density at radius 3 is 2.27 bits per heavy atom. The Morgan fingerprint density at radius 2 is 1.63 bits per heavy atom. The molecule has 1 amide bonds. The van der Waals surface area contributed by atoms with Crippen LogP contribution in [0.3, 0.4) is 0 Å². The minimum Gasteiger partial charge on any atom is -0.486 e. The van der Waals surface area contributed by atoms with E-state index < -0.39 is 0 Å². The molecule has 0 spiro atoms. The van der Waals surface area contributed by atoms with Gasteiger partial charge in [0.05, 0.1) is 15.8 Å². The molecule has 1 atom stereocenters. The van der Waals surface area contributed by atoms with Crippen molar-refractivity contribution in [2.45, 2.75) is 12.0 Å². The van der Waals surface area contributed by atoms with E-state index in [2.05, 4.69) is 0 Å². The fourth-order valence-corrected chi connectivity index (χ4v) is 5.04. The number of amides is 1. The highest BCUT2D eigenvalue weighted by Crippen LogP contribution is 2.45. The van der Waals surface area contributed by atoms with Crippen molar-refractivity contribution in [3.05, 3.63) is 92.7 Å². The molecule has 1 aliphatic heterocycles. The smallest absolute Gasteiger partial charge is 0.238 e. The van der Waals surface area contributed by atoms with Gasteiger partial charge in [-0.2, -0.15) is 0 Å². The summed E-state index contributed by atoms with van der Waals surface area (Å²) in [5.74, 6) is 0.383. The summed E-state index contributed by atoms with van der Waals surface area (Å²) in [5.41, 5.74) is 2.34. The average molecular weight is 483 g/mol. The van der Waals surface area contributed by atoms with Crippen molar-refractivity contribution in [1.29, 1.82) is 0 Å². The first-order chi connectivity index (χ1) is 14.4. The number of nitrogens with zero attached hydrogens (tertiary/aromatic N) is 1. The SMILES string of the molecule is O=C1CS[C@@H](c2cc(Cl)c(OCc3ccc(F)cc3)c(Cl)c2)N1c1ccc(Cl)cc1. The average Bonchev–Trinajstić information content (AvgIpc) is 3.11. The number of halogens is 4. The lowest BCUT2D eigenvalue weighted by atomic mass is 10.1. The van der Waals surface area contributed by atoms with Crippen molar-refractivity contribution in [2.75, 3.05) is 10.7 Å². The highest BCUT2D eigenvalue weighted by molar-refractivity contribution is 8.00. The molecule has 3 aromatic rings. The van der Waals surface area contributed by atoms with Crippen LogP contribution in [-0.4, -0.2) is 11.7 Å². The second kappa shape index (κ2) is 9.06. The number of hydrogen-bond acceptors (Lipinski definition) is 3. The van der Waals surface area contributed by atoms with Gasteiger partial charge in [0, 0.05) is 10.7 Å². The van der Waals surface area contributed by atoms with Gasteiger partial charge in [0.1, 0.15) is 17.8 Å². The molecule has 1 aliphatic rings. The summed E-state index contributed by atoms with van der Waals surface area (Å²) in [7, 11) is 0. The summed E-state index contributed by atoms with van der Waals surface area (Å²) in [6.45, 7) is 0.201. The van der Waals surface area contributed by atoms with Gasteiger partial charge >= 0.3 is 0 Å². The van der Waals surface area contributed by atoms with E-state index in [1.807, 2.05) is 12.1 Å². The van der Waals surface area contributed by atoms with Gasteiger partial charge in [-0.1, -0.05) is 46.9 Å². The molecule has 30 heavy (non-hydrogen) atoms. The molecule has 3 nitrogen and oxygen atoms in total. The molecule has 0 bridgehead atoms. The van der Waals surface area contributed by atoms with Crippen molar-refractivity contribution in [3.63, 3.8) is 0 Å². The molecule has 0 radical (unpaired) electrons. The molecule has 0 aromatic heterocycles. The largest absolute Gasteiger partial charge is 0.486 e. The number of ether oxygens (including phenoxy) is 1. The third-order valence-corrected chi connectivity index (χ3v) is 6.60. The summed E-state index contributed by atoms with van der Waals surface area (Å²) in [4.78, 5) is 14.2. The third kappa shape index (κ3) is 4.54. The van der Waals surface area contributed by atoms with E-state index in [0.29, 0.717) is 26.6 Å². The lowest BCUT2D eigenvalue weighted by molar-refractivity contribution is -0.115. The number of hydrogen-bond donors (Lipinski definition) is 0. The first-order valence-corrected chi connectivity index (χ1v) is 11.2. The van der Waals surface area contributed by atoms with Crippen molar-refractivity contribution in [1.82, 2.24) is 0 Å². The summed E-state index contributed by atoms with van der Waals surface area (Å²) in [5, 5.41) is 1.02. The fourth-order valence-electron chi connectivity index (χ4n) is 3.15. The minimum atomic E-state index is -0.312. The van der Waals surface area contributed by atoms with Crippen LogP contribution in [0.1, 0.15) is 16.5 Å². The quantitative estimate of drug-likeness (QED) is 0.387. The molecular formula is C22H15Cl3FNO2S. The summed E-state index contributed by atoms with van der Waals surface area (Å²) >= 11 is 20.4. The van der Waals surface area contributed by atoms with E-state index in [1.165, 1.54) is 23.9 Å². The molecule has 0 saturated carbocycles. The molecular weight excluding hydrogens is 468 g/mol. The molecule has 0 N–H and O–H groups in total. The maximum absolute atomic E-state index is 13.1. The van der Waals surface area contributed by atoms with Gasteiger partial charge in [-0.25, -0.2) is 4.39 Å². The predicted molar refractivity (Wildman–Crippen MR) is 121 cm³/mol. The summed E-state index contributed by atoms with van der Waals surface area (Å²) in [6, 6.07) is 16.6. The number of carbonyl (C=O) groups is 1. The van der Waals surface area contributed by atoms with E-state index in [1.54, 1.807) is 41.3 Å². The number of rotatable bonds is 5. The molecule has 4 rings (SSSR count). The van der Waals surface area contributed by atoms with Gasteiger partial charge in [0.25, 0.3) is 0 Å². The fraction of sp³-hybridized carbons (Fsp3) is 0.136. The van der Waals surface area contributed by atoms with Crippen LogP contribution in [0.4, 0.5) is 10.1 Å². The summed E-state index contributed by atoms with van der Waals surface area (Å²) < 4.78 is 18.8. The lowest BCUT2D eigenvalue weighted by Crippen LogP contribution is -2.27. The second-order valence-corrected chi connectivity index (χ2v) is 8.95. The number of carbonyl (C=O) groups excluding carboxylic acids is 1. The zero-order valence-corrected chi connectivity index (χ0v) is 18.5. The molecule has 1 heterocycles. The Hall–Kier alpha value is -1.92. The monoisotopic (exact) mass is 481 g/mol. The van der Waals surface area contributed by atoms with E-state index >= 15 is 0 Å². The molecule has 8 heteroatoms. The normalized spacial score (nSPS) is 16.2. The topological polar surface area (TPSA) is 29.5 Å². The molecule has 1 fully saturated rings. The zero-order valence-electron chi connectivity index (χ0n) is 15.4. The van der Waals surface area contributed by atoms with Gasteiger partial charge in [-0.05, 0) is 59.7 Å². The Labute approximate surface area is 192 Å². The predicted octanol–water partition coefficient (Wildman–Crippen LogP) is 7.14. The van der Waals surface area contributed by atoms with Crippen LogP contribution in [-0.2, 0) is 11.4 Å².